The molecule has 8 heteroatoms. The van der Waals surface area contributed by atoms with Crippen LogP contribution in [0.2, 0.25) is 0 Å². The molecular formula is C12H26ClN3O3S. The van der Waals surface area contributed by atoms with Crippen molar-refractivity contribution >= 4 is 22.6 Å². The first-order valence-corrected chi connectivity index (χ1v) is 8.49. The lowest BCUT2D eigenvalue weighted by Gasteiger charge is -2.40. The summed E-state index contributed by atoms with van der Waals surface area (Å²) in [4.78, 5) is 0. The lowest BCUT2D eigenvalue weighted by molar-refractivity contribution is 0.0382. The van der Waals surface area contributed by atoms with Crippen molar-refractivity contribution in [1.29, 1.82) is 0 Å². The van der Waals surface area contributed by atoms with Crippen LogP contribution in [0.15, 0.2) is 0 Å². The maximum Gasteiger partial charge on any atom is 0.282 e. The molecule has 20 heavy (non-hydrogen) atoms. The van der Waals surface area contributed by atoms with E-state index >= 15 is 0 Å². The van der Waals surface area contributed by atoms with E-state index in [1.807, 2.05) is 0 Å². The van der Waals surface area contributed by atoms with E-state index in [9.17, 15) is 8.42 Å². The molecule has 0 aliphatic carbocycles. The van der Waals surface area contributed by atoms with Crippen LogP contribution in [-0.2, 0) is 14.9 Å². The van der Waals surface area contributed by atoms with E-state index in [1.54, 1.807) is 15.7 Å². The molecule has 0 spiro atoms. The zero-order valence-corrected chi connectivity index (χ0v) is 13.7. The highest BCUT2D eigenvalue weighted by molar-refractivity contribution is 7.86. The second-order valence-corrected chi connectivity index (χ2v) is 7.23. The van der Waals surface area contributed by atoms with Crippen molar-refractivity contribution in [2.24, 2.45) is 5.73 Å². The minimum Gasteiger partial charge on any atom is -0.381 e. The van der Waals surface area contributed by atoms with Crippen molar-refractivity contribution in [3.05, 3.63) is 0 Å². The van der Waals surface area contributed by atoms with Gasteiger partial charge in [0.2, 0.25) is 0 Å². The topological polar surface area (TPSA) is 75.9 Å². The Kier molecular flexibility index (Phi) is 7.17. The number of rotatable bonds is 4. The molecule has 0 aromatic carbocycles. The molecule has 6 nitrogen and oxygen atoms in total. The average molecular weight is 328 g/mol. The summed E-state index contributed by atoms with van der Waals surface area (Å²) < 4.78 is 33.9. The Bertz CT molecular complexity index is 387. The van der Waals surface area contributed by atoms with E-state index in [1.165, 1.54) is 0 Å². The van der Waals surface area contributed by atoms with Crippen LogP contribution in [0.25, 0.3) is 0 Å². The first-order valence-electron chi connectivity index (χ1n) is 7.09. The number of ether oxygens (including phenoxy) is 1. The molecule has 0 radical (unpaired) electrons. The van der Waals surface area contributed by atoms with Crippen molar-refractivity contribution in [3.63, 3.8) is 0 Å². The maximum absolute atomic E-state index is 12.7. The Morgan fingerprint density at radius 2 is 1.85 bits per heavy atom. The number of halogens is 1. The van der Waals surface area contributed by atoms with Crippen molar-refractivity contribution in [2.45, 2.75) is 44.2 Å². The monoisotopic (exact) mass is 327 g/mol. The van der Waals surface area contributed by atoms with E-state index in [0.717, 1.165) is 25.7 Å². The van der Waals surface area contributed by atoms with Gasteiger partial charge in [-0.2, -0.15) is 17.0 Å². The van der Waals surface area contributed by atoms with Gasteiger partial charge in [0, 0.05) is 39.3 Å². The average Bonchev–Trinajstić information content (AvgIpc) is 2.47. The van der Waals surface area contributed by atoms with Crippen LogP contribution in [0.1, 0.15) is 32.1 Å². The molecule has 0 amide bonds. The number of nitrogens with zero attached hydrogens (tertiary/aromatic N) is 2. The van der Waals surface area contributed by atoms with Gasteiger partial charge in [0.1, 0.15) is 0 Å². The highest BCUT2D eigenvalue weighted by Crippen LogP contribution is 2.25. The minimum absolute atomic E-state index is 0. The highest BCUT2D eigenvalue weighted by Gasteiger charge is 2.38. The largest absolute Gasteiger partial charge is 0.381 e. The first-order chi connectivity index (χ1) is 9.09. The van der Waals surface area contributed by atoms with E-state index in [4.69, 9.17) is 10.5 Å². The van der Waals surface area contributed by atoms with Crippen LogP contribution in [0.4, 0.5) is 0 Å². The van der Waals surface area contributed by atoms with Gasteiger partial charge in [-0.15, -0.1) is 12.4 Å². The van der Waals surface area contributed by atoms with Gasteiger partial charge in [0.15, 0.2) is 0 Å². The summed E-state index contributed by atoms with van der Waals surface area (Å²) in [5, 5.41) is 0. The molecule has 120 valence electrons. The Hall–Kier alpha value is 0.0800. The quantitative estimate of drug-likeness (QED) is 0.819. The van der Waals surface area contributed by atoms with Gasteiger partial charge in [0.25, 0.3) is 10.2 Å². The van der Waals surface area contributed by atoms with E-state index in [2.05, 4.69) is 0 Å². The molecule has 2 aliphatic heterocycles. The standard InChI is InChI=1S/C12H25N3O3S.ClH/c1-18-12-5-8-15(11(9-12)10-13)19(16,17)14-6-3-2-4-7-14;/h11-12H,2-10,13H2,1H3;1H. The molecule has 0 saturated carbocycles. The molecule has 0 bridgehead atoms. The summed E-state index contributed by atoms with van der Waals surface area (Å²) in [7, 11) is -1.67. The second kappa shape index (κ2) is 7.91. The van der Waals surface area contributed by atoms with E-state index in [0.29, 0.717) is 32.6 Å². The van der Waals surface area contributed by atoms with Crippen LogP contribution in [0.5, 0.6) is 0 Å². The summed E-state index contributed by atoms with van der Waals surface area (Å²) in [6, 6.07) is -0.134. The molecule has 2 unspecified atom stereocenters. The van der Waals surface area contributed by atoms with Crippen molar-refractivity contribution in [3.8, 4) is 0 Å². The van der Waals surface area contributed by atoms with Crippen molar-refractivity contribution in [2.75, 3.05) is 33.3 Å². The minimum atomic E-state index is -3.35. The Balaban J connectivity index is 0.00000200. The van der Waals surface area contributed by atoms with Gasteiger partial charge in [0.05, 0.1) is 6.10 Å². The van der Waals surface area contributed by atoms with Crippen LogP contribution in [-0.4, -0.2) is 62.5 Å². The number of hydrogen-bond acceptors (Lipinski definition) is 4. The number of piperidine rings is 2. The number of hydrogen-bond donors (Lipinski definition) is 1. The van der Waals surface area contributed by atoms with Gasteiger partial charge in [-0.25, -0.2) is 0 Å². The third-order valence-electron chi connectivity index (χ3n) is 4.16. The van der Waals surface area contributed by atoms with Crippen LogP contribution < -0.4 is 5.73 Å². The first kappa shape index (κ1) is 18.1. The zero-order valence-electron chi connectivity index (χ0n) is 12.0. The predicted octanol–water partition coefficient (Wildman–Crippen LogP) is 0.577. The SMILES string of the molecule is COC1CCN(S(=O)(=O)N2CCCCC2)C(CN)C1.Cl. The number of nitrogens with two attached hydrogens (primary N) is 1. The molecule has 2 atom stereocenters. The van der Waals surface area contributed by atoms with Crippen LogP contribution >= 0.6 is 12.4 Å². The fourth-order valence-corrected chi connectivity index (χ4v) is 4.87. The molecule has 2 rings (SSSR count). The van der Waals surface area contributed by atoms with Gasteiger partial charge in [-0.3, -0.25) is 0 Å². The van der Waals surface area contributed by atoms with Gasteiger partial charge < -0.3 is 10.5 Å². The Labute approximate surface area is 128 Å². The zero-order chi connectivity index (χ0) is 13.9. The van der Waals surface area contributed by atoms with Crippen molar-refractivity contribution in [1.82, 2.24) is 8.61 Å². The third kappa shape index (κ3) is 3.84. The van der Waals surface area contributed by atoms with Crippen LogP contribution in [0, 0.1) is 0 Å². The third-order valence-corrected chi connectivity index (χ3v) is 6.25. The summed E-state index contributed by atoms with van der Waals surface area (Å²) >= 11 is 0. The maximum atomic E-state index is 12.7. The fourth-order valence-electron chi connectivity index (χ4n) is 2.97. The fraction of sp³-hybridized carbons (Fsp3) is 1.00. The number of methoxy groups -OCH3 is 1. The van der Waals surface area contributed by atoms with E-state index < -0.39 is 10.2 Å². The van der Waals surface area contributed by atoms with Gasteiger partial charge in [-0.1, -0.05) is 6.42 Å². The predicted molar refractivity (Wildman–Crippen MR) is 81.2 cm³/mol. The Morgan fingerprint density at radius 1 is 1.20 bits per heavy atom. The summed E-state index contributed by atoms with van der Waals surface area (Å²) in [5.74, 6) is 0. The second-order valence-electron chi connectivity index (χ2n) is 5.35. The highest BCUT2D eigenvalue weighted by atomic mass is 35.5. The summed E-state index contributed by atoms with van der Waals surface area (Å²) in [5.41, 5.74) is 5.76. The molecule has 2 N–H and O–H groups in total. The molecular weight excluding hydrogens is 302 g/mol. The molecule has 2 fully saturated rings. The summed E-state index contributed by atoms with van der Waals surface area (Å²) in [6.45, 7) is 2.15. The lowest BCUT2D eigenvalue weighted by Crippen LogP contribution is -2.56. The summed E-state index contributed by atoms with van der Waals surface area (Å²) in [6.07, 6.45) is 4.61. The van der Waals surface area contributed by atoms with E-state index in [-0.39, 0.29) is 24.6 Å². The lowest BCUT2D eigenvalue weighted by atomic mass is 10.0. The van der Waals surface area contributed by atoms with Gasteiger partial charge >= 0.3 is 0 Å². The van der Waals surface area contributed by atoms with Crippen LogP contribution in [0.3, 0.4) is 0 Å². The molecule has 0 aromatic rings. The Morgan fingerprint density at radius 3 is 2.40 bits per heavy atom. The molecule has 2 aliphatic rings. The molecule has 2 heterocycles. The van der Waals surface area contributed by atoms with Crippen molar-refractivity contribution < 1.29 is 13.2 Å². The smallest absolute Gasteiger partial charge is 0.282 e. The molecule has 2 saturated heterocycles. The molecule has 0 aromatic heterocycles. The normalized spacial score (nSPS) is 29.9. The van der Waals surface area contributed by atoms with Gasteiger partial charge in [-0.05, 0) is 25.7 Å².